The van der Waals surface area contributed by atoms with Crippen LogP contribution in [0.2, 0.25) is 0 Å². The average molecular weight is 217 g/mol. The number of esters is 1. The molecule has 1 aromatic carbocycles. The van der Waals surface area contributed by atoms with Crippen LogP contribution in [-0.4, -0.2) is 18.2 Å². The highest BCUT2D eigenvalue weighted by atomic mass is 32.1. The monoisotopic (exact) mass is 217 g/mol. The molecule has 0 aliphatic rings. The van der Waals surface area contributed by atoms with E-state index in [1.807, 2.05) is 0 Å². The molecule has 0 amide bonds. The molecule has 0 fully saturated rings. The lowest BCUT2D eigenvalue weighted by Crippen LogP contribution is -1.94. The van der Waals surface area contributed by atoms with Crippen LogP contribution in [0, 0.1) is 11.8 Å². The minimum Gasteiger partial charge on any atom is -0.459 e. The lowest BCUT2D eigenvalue weighted by Gasteiger charge is -1.94. The Morgan fingerprint density at radius 3 is 2.87 bits per heavy atom. The molecule has 0 radical (unpaired) electrons. The van der Waals surface area contributed by atoms with Gasteiger partial charge in [-0.3, -0.25) is 0 Å². The maximum absolute atomic E-state index is 10.8. The van der Waals surface area contributed by atoms with Crippen LogP contribution in [0.4, 0.5) is 5.69 Å². The highest BCUT2D eigenvalue weighted by molar-refractivity contribution is 7.78. The fourth-order valence-electron chi connectivity index (χ4n) is 0.895. The first-order chi connectivity index (χ1) is 7.27. The Morgan fingerprint density at radius 2 is 2.20 bits per heavy atom. The Balaban J connectivity index is 3.07. The quantitative estimate of drug-likeness (QED) is 0.312. The number of carbonyl (C=O) groups is 1. The van der Waals surface area contributed by atoms with E-state index in [1.165, 1.54) is 7.11 Å². The molecule has 1 rings (SSSR count). The van der Waals surface area contributed by atoms with E-state index in [0.717, 1.165) is 0 Å². The number of hydrogen-bond donors (Lipinski definition) is 0. The molecule has 74 valence electrons. The van der Waals surface area contributed by atoms with E-state index in [4.69, 9.17) is 0 Å². The molecular weight excluding hydrogens is 210 g/mol. The van der Waals surface area contributed by atoms with Crippen molar-refractivity contribution in [3.8, 4) is 11.8 Å². The van der Waals surface area contributed by atoms with Crippen LogP contribution in [-0.2, 0) is 9.53 Å². The average Bonchev–Trinajstić information content (AvgIpc) is 2.28. The number of nitrogens with zero attached hydrogens (tertiary/aromatic N) is 1. The molecule has 0 aliphatic heterocycles. The third kappa shape index (κ3) is 3.35. The summed E-state index contributed by atoms with van der Waals surface area (Å²) in [5.74, 6) is 4.37. The highest BCUT2D eigenvalue weighted by Crippen LogP contribution is 2.16. The van der Waals surface area contributed by atoms with Gasteiger partial charge in [0.25, 0.3) is 0 Å². The molecule has 0 bridgehead atoms. The summed E-state index contributed by atoms with van der Waals surface area (Å²) in [6.07, 6.45) is 0. The van der Waals surface area contributed by atoms with Gasteiger partial charge in [-0.25, -0.2) is 4.79 Å². The van der Waals surface area contributed by atoms with Crippen LogP contribution in [0.5, 0.6) is 0 Å². The number of thiocarbonyl (C=S) groups is 1. The molecule has 0 aliphatic carbocycles. The molecule has 15 heavy (non-hydrogen) atoms. The standard InChI is InChI=1S/C11H7NO2S/c1-14-11(13)7-6-9-4-2-3-5-10(9)12-8-15/h2-5H,1H3. The van der Waals surface area contributed by atoms with Gasteiger partial charge >= 0.3 is 5.97 Å². The van der Waals surface area contributed by atoms with Gasteiger partial charge in [0.1, 0.15) is 0 Å². The molecule has 0 atom stereocenters. The minimum absolute atomic E-state index is 0.587. The number of ether oxygens (including phenoxy) is 1. The van der Waals surface area contributed by atoms with Crippen LogP contribution in [0.15, 0.2) is 29.3 Å². The minimum atomic E-state index is -0.587. The fraction of sp³-hybridized carbons (Fsp3) is 0.0909. The summed E-state index contributed by atoms with van der Waals surface area (Å²) in [4.78, 5) is 14.6. The molecule has 0 spiro atoms. The Hall–Kier alpha value is -1.95. The molecule has 0 aromatic heterocycles. The smallest absolute Gasteiger partial charge is 0.384 e. The van der Waals surface area contributed by atoms with Crippen molar-refractivity contribution >= 4 is 29.0 Å². The van der Waals surface area contributed by atoms with Gasteiger partial charge in [0.05, 0.1) is 23.5 Å². The van der Waals surface area contributed by atoms with Crippen LogP contribution in [0.25, 0.3) is 0 Å². The first-order valence-corrected chi connectivity index (χ1v) is 4.45. The fourth-order valence-corrected chi connectivity index (χ4v) is 0.994. The third-order valence-corrected chi connectivity index (χ3v) is 1.65. The third-order valence-electron chi connectivity index (χ3n) is 1.55. The molecule has 0 heterocycles. The number of rotatable bonds is 1. The molecule has 0 unspecified atom stereocenters. The second-order valence-corrected chi connectivity index (χ2v) is 2.64. The highest BCUT2D eigenvalue weighted by Gasteiger charge is 1.96. The van der Waals surface area contributed by atoms with Crippen molar-refractivity contribution in [3.63, 3.8) is 0 Å². The molecule has 4 heteroatoms. The summed E-state index contributed by atoms with van der Waals surface area (Å²) in [6, 6.07) is 7.07. The van der Waals surface area contributed by atoms with E-state index in [0.29, 0.717) is 11.3 Å². The normalized spacial score (nSPS) is 8.07. The maximum atomic E-state index is 10.8. The number of aliphatic imine (C=N–C) groups is 1. The SMILES string of the molecule is COC(=O)C#Cc1ccccc1N=C=S. The second kappa shape index (κ2) is 5.71. The topological polar surface area (TPSA) is 38.7 Å². The summed E-state index contributed by atoms with van der Waals surface area (Å²) in [7, 11) is 1.28. The lowest BCUT2D eigenvalue weighted by atomic mass is 10.2. The molecule has 0 saturated carbocycles. The number of benzene rings is 1. The zero-order valence-corrected chi connectivity index (χ0v) is 8.80. The van der Waals surface area contributed by atoms with Crippen molar-refractivity contribution in [2.45, 2.75) is 0 Å². The summed E-state index contributed by atoms with van der Waals surface area (Å²) in [5, 5.41) is 2.25. The van der Waals surface area contributed by atoms with Gasteiger partial charge in [0, 0.05) is 5.92 Å². The first kappa shape index (κ1) is 11.1. The predicted octanol–water partition coefficient (Wildman–Crippen LogP) is 1.95. The Labute approximate surface area is 92.8 Å². The molecule has 0 saturated heterocycles. The van der Waals surface area contributed by atoms with Crippen LogP contribution >= 0.6 is 12.2 Å². The predicted molar refractivity (Wildman–Crippen MR) is 60.0 cm³/mol. The van der Waals surface area contributed by atoms with Crippen LogP contribution in [0.3, 0.4) is 0 Å². The molecule has 1 aromatic rings. The van der Waals surface area contributed by atoms with Crippen molar-refractivity contribution in [3.05, 3.63) is 29.8 Å². The van der Waals surface area contributed by atoms with E-state index in [1.54, 1.807) is 24.3 Å². The molecular formula is C11H7NO2S. The van der Waals surface area contributed by atoms with Crippen molar-refractivity contribution in [2.24, 2.45) is 4.99 Å². The summed E-state index contributed by atoms with van der Waals surface area (Å²) in [5.41, 5.74) is 1.20. The van der Waals surface area contributed by atoms with E-state index < -0.39 is 5.97 Å². The van der Waals surface area contributed by atoms with Gasteiger partial charge in [-0.15, -0.1) is 0 Å². The zero-order chi connectivity index (χ0) is 11.1. The van der Waals surface area contributed by atoms with Gasteiger partial charge in [-0.05, 0) is 24.4 Å². The molecule has 3 nitrogen and oxygen atoms in total. The number of isothiocyanates is 1. The first-order valence-electron chi connectivity index (χ1n) is 4.05. The number of para-hydroxylation sites is 1. The van der Waals surface area contributed by atoms with Crippen LogP contribution < -0.4 is 0 Å². The van der Waals surface area contributed by atoms with E-state index in [2.05, 4.69) is 38.9 Å². The molecule has 0 N–H and O–H groups in total. The number of hydrogen-bond acceptors (Lipinski definition) is 4. The van der Waals surface area contributed by atoms with E-state index in [-0.39, 0.29) is 0 Å². The zero-order valence-electron chi connectivity index (χ0n) is 7.98. The van der Waals surface area contributed by atoms with E-state index >= 15 is 0 Å². The van der Waals surface area contributed by atoms with Gasteiger partial charge < -0.3 is 4.74 Å². The van der Waals surface area contributed by atoms with Crippen molar-refractivity contribution < 1.29 is 9.53 Å². The maximum Gasteiger partial charge on any atom is 0.384 e. The van der Waals surface area contributed by atoms with E-state index in [9.17, 15) is 4.79 Å². The lowest BCUT2D eigenvalue weighted by molar-refractivity contribution is -0.133. The largest absolute Gasteiger partial charge is 0.459 e. The van der Waals surface area contributed by atoms with Gasteiger partial charge in [0.2, 0.25) is 0 Å². The Bertz CT molecular complexity index is 479. The van der Waals surface area contributed by atoms with Crippen molar-refractivity contribution in [1.29, 1.82) is 0 Å². The summed E-state index contributed by atoms with van der Waals surface area (Å²) < 4.78 is 4.39. The van der Waals surface area contributed by atoms with Gasteiger partial charge in [0.15, 0.2) is 0 Å². The summed E-state index contributed by atoms with van der Waals surface area (Å²) in [6.45, 7) is 0. The second-order valence-electron chi connectivity index (χ2n) is 2.46. The van der Waals surface area contributed by atoms with Crippen molar-refractivity contribution in [1.82, 2.24) is 0 Å². The van der Waals surface area contributed by atoms with Gasteiger partial charge in [-0.2, -0.15) is 4.99 Å². The summed E-state index contributed by atoms with van der Waals surface area (Å²) >= 11 is 4.50. The Morgan fingerprint density at radius 1 is 1.47 bits per heavy atom. The number of carbonyl (C=O) groups excluding carboxylic acids is 1. The number of methoxy groups -OCH3 is 1. The van der Waals surface area contributed by atoms with Gasteiger partial charge in [-0.1, -0.05) is 18.1 Å². The Kier molecular flexibility index (Phi) is 4.24. The van der Waals surface area contributed by atoms with Crippen molar-refractivity contribution in [2.75, 3.05) is 7.11 Å². The van der Waals surface area contributed by atoms with Crippen LogP contribution in [0.1, 0.15) is 5.56 Å².